The maximum atomic E-state index is 13.2. The summed E-state index contributed by atoms with van der Waals surface area (Å²) < 4.78 is 32.5. The first-order valence-corrected chi connectivity index (χ1v) is 13.7. The van der Waals surface area contributed by atoms with Crippen molar-refractivity contribution in [1.29, 1.82) is 0 Å². The van der Waals surface area contributed by atoms with Crippen LogP contribution in [0.15, 0.2) is 18.2 Å². The average molecular weight is 460 g/mol. The van der Waals surface area contributed by atoms with E-state index in [9.17, 15) is 13.2 Å². The Hall–Kier alpha value is -1.90. The van der Waals surface area contributed by atoms with Crippen molar-refractivity contribution < 1.29 is 17.9 Å². The molecule has 0 radical (unpaired) electrons. The number of hydrogen-bond acceptors (Lipinski definition) is 5. The van der Waals surface area contributed by atoms with Gasteiger partial charge in [0.05, 0.1) is 11.8 Å². The fourth-order valence-electron chi connectivity index (χ4n) is 5.61. The van der Waals surface area contributed by atoms with Crippen LogP contribution in [0.3, 0.4) is 0 Å². The summed E-state index contributed by atoms with van der Waals surface area (Å²) in [5, 5.41) is 0.901. The maximum Gasteiger partial charge on any atom is 0.253 e. The number of benzene rings is 1. The first kappa shape index (κ1) is 21.9. The van der Waals surface area contributed by atoms with Crippen molar-refractivity contribution >= 4 is 26.8 Å². The molecule has 2 aromatic rings. The third kappa shape index (κ3) is 3.97. The van der Waals surface area contributed by atoms with Gasteiger partial charge in [-0.2, -0.15) is 0 Å². The van der Waals surface area contributed by atoms with E-state index in [2.05, 4.69) is 11.8 Å². The van der Waals surface area contributed by atoms with E-state index < -0.39 is 10.0 Å². The SMILES string of the molecule is CC1CCN(C(=O)c2ccc3c(c2)c2c(n3S(C)(=O)=O)CCN(C3CCOCC3)C2)CC1. The minimum absolute atomic E-state index is 0.0525. The van der Waals surface area contributed by atoms with Gasteiger partial charge in [0.1, 0.15) is 0 Å². The van der Waals surface area contributed by atoms with E-state index in [1.54, 1.807) is 6.07 Å². The molecule has 7 nitrogen and oxygen atoms in total. The molecule has 2 fully saturated rings. The van der Waals surface area contributed by atoms with Crippen molar-refractivity contribution in [1.82, 2.24) is 13.8 Å². The summed E-state index contributed by atoms with van der Waals surface area (Å²) in [6.07, 6.45) is 6.06. The van der Waals surface area contributed by atoms with Gasteiger partial charge in [-0.15, -0.1) is 0 Å². The second-order valence-electron chi connectivity index (χ2n) is 9.72. The molecule has 0 bridgehead atoms. The summed E-state index contributed by atoms with van der Waals surface area (Å²) in [4.78, 5) is 17.6. The van der Waals surface area contributed by atoms with Crippen LogP contribution in [0.1, 0.15) is 54.2 Å². The lowest BCUT2D eigenvalue weighted by Crippen LogP contribution is -2.42. The molecule has 2 saturated heterocycles. The molecule has 0 atom stereocenters. The van der Waals surface area contributed by atoms with Gasteiger partial charge in [-0.3, -0.25) is 9.69 Å². The van der Waals surface area contributed by atoms with E-state index in [1.807, 2.05) is 17.0 Å². The van der Waals surface area contributed by atoms with Gasteiger partial charge in [-0.25, -0.2) is 12.4 Å². The van der Waals surface area contributed by atoms with Crippen LogP contribution in [0.4, 0.5) is 0 Å². The molecular weight excluding hydrogens is 426 g/mol. The largest absolute Gasteiger partial charge is 0.381 e. The Kier molecular flexibility index (Phi) is 5.80. The third-order valence-electron chi connectivity index (χ3n) is 7.49. The average Bonchev–Trinajstić information content (AvgIpc) is 3.13. The highest BCUT2D eigenvalue weighted by Gasteiger charge is 2.32. The summed E-state index contributed by atoms with van der Waals surface area (Å²) in [5.41, 5.74) is 3.28. The summed E-state index contributed by atoms with van der Waals surface area (Å²) in [6, 6.07) is 6.02. The lowest BCUT2D eigenvalue weighted by Gasteiger charge is -2.37. The molecule has 5 rings (SSSR count). The topological polar surface area (TPSA) is 71.9 Å². The van der Waals surface area contributed by atoms with Crippen molar-refractivity contribution in [2.24, 2.45) is 5.92 Å². The van der Waals surface area contributed by atoms with Gasteiger partial charge in [0.25, 0.3) is 5.91 Å². The van der Waals surface area contributed by atoms with Gasteiger partial charge in [-0.05, 0) is 55.4 Å². The van der Waals surface area contributed by atoms with Gasteiger partial charge >= 0.3 is 0 Å². The number of fused-ring (bicyclic) bond motifs is 3. The van der Waals surface area contributed by atoms with E-state index in [0.29, 0.717) is 29.5 Å². The Labute approximate surface area is 190 Å². The van der Waals surface area contributed by atoms with Crippen LogP contribution in [0.5, 0.6) is 0 Å². The van der Waals surface area contributed by atoms with E-state index >= 15 is 0 Å². The molecule has 1 amide bonds. The molecule has 1 aromatic carbocycles. The number of hydrogen-bond donors (Lipinski definition) is 0. The van der Waals surface area contributed by atoms with Crippen LogP contribution in [0, 0.1) is 5.92 Å². The second-order valence-corrected chi connectivity index (χ2v) is 11.6. The molecular formula is C24H33N3O4S. The number of carbonyl (C=O) groups excluding carboxylic acids is 1. The molecule has 0 saturated carbocycles. The number of ether oxygens (including phenoxy) is 1. The molecule has 0 spiro atoms. The van der Waals surface area contributed by atoms with Gasteiger partial charge in [0, 0.05) is 68.5 Å². The molecule has 8 heteroatoms. The highest BCUT2D eigenvalue weighted by atomic mass is 32.2. The Balaban J connectivity index is 1.54. The standard InChI is InChI=1S/C24H33N3O4S/c1-17-5-10-25(11-6-17)24(28)18-3-4-22-20(15-18)21-16-26(19-8-13-31-14-9-19)12-7-23(21)27(22)32(2,29)30/h3-4,15,17,19H,5-14,16H2,1-2H3. The van der Waals surface area contributed by atoms with E-state index in [0.717, 1.165) is 81.7 Å². The second kappa shape index (κ2) is 8.47. The smallest absolute Gasteiger partial charge is 0.253 e. The minimum Gasteiger partial charge on any atom is -0.381 e. The van der Waals surface area contributed by atoms with Crippen molar-refractivity contribution in [2.75, 3.05) is 39.1 Å². The molecule has 0 unspecified atom stereocenters. The molecule has 3 aliphatic heterocycles. The van der Waals surface area contributed by atoms with Crippen molar-refractivity contribution in [3.63, 3.8) is 0 Å². The van der Waals surface area contributed by atoms with Crippen LogP contribution in [0.25, 0.3) is 10.9 Å². The zero-order valence-corrected chi connectivity index (χ0v) is 19.9. The Morgan fingerprint density at radius 2 is 1.78 bits per heavy atom. The number of piperidine rings is 1. The number of rotatable bonds is 3. The molecule has 174 valence electrons. The molecule has 32 heavy (non-hydrogen) atoms. The van der Waals surface area contributed by atoms with Crippen LogP contribution in [-0.4, -0.2) is 73.2 Å². The Morgan fingerprint density at radius 3 is 2.47 bits per heavy atom. The number of amides is 1. The summed E-state index contributed by atoms with van der Waals surface area (Å²) >= 11 is 0. The number of nitrogens with zero attached hydrogens (tertiary/aromatic N) is 3. The quantitative estimate of drug-likeness (QED) is 0.706. The third-order valence-corrected chi connectivity index (χ3v) is 8.57. The highest BCUT2D eigenvalue weighted by molar-refractivity contribution is 7.89. The van der Waals surface area contributed by atoms with Crippen molar-refractivity contribution in [3.05, 3.63) is 35.0 Å². The van der Waals surface area contributed by atoms with Crippen LogP contribution in [-0.2, 0) is 27.7 Å². The molecule has 1 aromatic heterocycles. The van der Waals surface area contributed by atoms with Gasteiger partial charge < -0.3 is 9.64 Å². The fraction of sp³-hybridized carbons (Fsp3) is 0.625. The predicted molar refractivity (Wildman–Crippen MR) is 124 cm³/mol. The van der Waals surface area contributed by atoms with Crippen LogP contribution >= 0.6 is 0 Å². The fourth-order valence-corrected chi connectivity index (χ4v) is 6.73. The zero-order valence-electron chi connectivity index (χ0n) is 19.0. The minimum atomic E-state index is -3.45. The number of carbonyl (C=O) groups is 1. The van der Waals surface area contributed by atoms with E-state index in [-0.39, 0.29) is 5.91 Å². The summed E-state index contributed by atoms with van der Waals surface area (Å²) in [5.74, 6) is 0.713. The number of likely N-dealkylation sites (tertiary alicyclic amines) is 1. The van der Waals surface area contributed by atoms with Crippen LogP contribution < -0.4 is 0 Å². The van der Waals surface area contributed by atoms with E-state index in [4.69, 9.17) is 4.74 Å². The highest BCUT2D eigenvalue weighted by Crippen LogP contribution is 2.35. The maximum absolute atomic E-state index is 13.2. The number of aromatic nitrogens is 1. The molecule has 0 aliphatic carbocycles. The van der Waals surface area contributed by atoms with Gasteiger partial charge in [-0.1, -0.05) is 6.92 Å². The monoisotopic (exact) mass is 459 g/mol. The van der Waals surface area contributed by atoms with Gasteiger partial charge in [0.15, 0.2) is 0 Å². The lowest BCUT2D eigenvalue weighted by molar-refractivity contribution is 0.0290. The van der Waals surface area contributed by atoms with Crippen molar-refractivity contribution in [3.8, 4) is 0 Å². The molecule has 3 aliphatic rings. The first-order valence-electron chi connectivity index (χ1n) is 11.8. The van der Waals surface area contributed by atoms with Crippen molar-refractivity contribution in [2.45, 2.75) is 51.6 Å². The summed E-state index contributed by atoms with van der Waals surface area (Å²) in [7, 11) is -3.45. The van der Waals surface area contributed by atoms with Crippen LogP contribution in [0.2, 0.25) is 0 Å². The summed E-state index contributed by atoms with van der Waals surface area (Å²) in [6.45, 7) is 6.95. The first-order chi connectivity index (χ1) is 15.3. The molecule has 0 N–H and O–H groups in total. The Bertz CT molecular complexity index is 1130. The Morgan fingerprint density at radius 1 is 1.06 bits per heavy atom. The predicted octanol–water partition coefficient (Wildman–Crippen LogP) is 2.86. The zero-order chi connectivity index (χ0) is 22.5. The van der Waals surface area contributed by atoms with Gasteiger partial charge in [0.2, 0.25) is 10.0 Å². The molecule has 4 heterocycles. The lowest BCUT2D eigenvalue weighted by atomic mass is 9.97. The normalized spacial score (nSPS) is 21.8. The van der Waals surface area contributed by atoms with E-state index in [1.165, 1.54) is 10.2 Å².